The standard InChI is InChI=1S/C23H21FN4OS/c24-17-7-5-16(6-8-17)21-15-30-22(26-21)14-27-9-11-28(12-10-27)23(29)19-13-25-20-4-2-1-3-18(19)20/h1-8,13,15,25H,9-12,14H2. The average molecular weight is 421 g/mol. The number of carbonyl (C=O) groups excluding carboxylic acids is 1. The number of hydrogen-bond donors (Lipinski definition) is 1. The summed E-state index contributed by atoms with van der Waals surface area (Å²) in [6.07, 6.45) is 1.81. The third-order valence-corrected chi connectivity index (χ3v) is 6.36. The predicted octanol–water partition coefficient (Wildman–Crippen LogP) is 4.39. The molecular weight excluding hydrogens is 399 g/mol. The molecule has 0 radical (unpaired) electrons. The molecule has 1 N–H and O–H groups in total. The van der Waals surface area contributed by atoms with Gasteiger partial charge in [0.1, 0.15) is 10.8 Å². The van der Waals surface area contributed by atoms with Crippen LogP contribution in [0.1, 0.15) is 15.4 Å². The Morgan fingerprint density at radius 3 is 2.63 bits per heavy atom. The van der Waals surface area contributed by atoms with E-state index in [1.165, 1.54) is 12.1 Å². The van der Waals surface area contributed by atoms with Gasteiger partial charge in [0.25, 0.3) is 5.91 Å². The van der Waals surface area contributed by atoms with Gasteiger partial charge in [0, 0.05) is 54.2 Å². The number of para-hydroxylation sites is 1. The molecular formula is C23H21FN4OS. The predicted molar refractivity (Wildman–Crippen MR) is 117 cm³/mol. The summed E-state index contributed by atoms with van der Waals surface area (Å²) in [4.78, 5) is 25.1. The molecule has 3 heterocycles. The summed E-state index contributed by atoms with van der Waals surface area (Å²) in [6, 6.07) is 14.3. The fraction of sp³-hybridized carbons (Fsp3) is 0.217. The first-order valence-electron chi connectivity index (χ1n) is 9.95. The maximum atomic E-state index is 13.1. The van der Waals surface area contributed by atoms with Crippen LogP contribution in [0.15, 0.2) is 60.1 Å². The van der Waals surface area contributed by atoms with Crippen LogP contribution in [0.5, 0.6) is 0 Å². The summed E-state index contributed by atoms with van der Waals surface area (Å²) >= 11 is 1.62. The molecule has 0 atom stereocenters. The highest BCUT2D eigenvalue weighted by Gasteiger charge is 2.24. The van der Waals surface area contributed by atoms with Crippen molar-refractivity contribution in [2.45, 2.75) is 6.54 Å². The normalized spacial score (nSPS) is 15.0. The molecule has 2 aromatic heterocycles. The van der Waals surface area contributed by atoms with E-state index in [0.717, 1.165) is 52.4 Å². The zero-order chi connectivity index (χ0) is 20.5. The average Bonchev–Trinajstić information content (AvgIpc) is 3.42. The van der Waals surface area contributed by atoms with E-state index in [1.54, 1.807) is 23.5 Å². The van der Waals surface area contributed by atoms with Gasteiger partial charge in [-0.25, -0.2) is 9.37 Å². The minimum Gasteiger partial charge on any atom is -0.360 e. The van der Waals surface area contributed by atoms with Gasteiger partial charge < -0.3 is 9.88 Å². The van der Waals surface area contributed by atoms with Crippen LogP contribution in [-0.2, 0) is 6.54 Å². The SMILES string of the molecule is O=C(c1c[nH]c2ccccc12)N1CCN(Cc2nc(-c3ccc(F)cc3)cs2)CC1. The largest absolute Gasteiger partial charge is 0.360 e. The van der Waals surface area contributed by atoms with Crippen molar-refractivity contribution in [2.75, 3.05) is 26.2 Å². The molecule has 30 heavy (non-hydrogen) atoms. The molecule has 0 aliphatic carbocycles. The van der Waals surface area contributed by atoms with E-state index in [4.69, 9.17) is 4.98 Å². The summed E-state index contributed by atoms with van der Waals surface area (Å²) in [5, 5.41) is 4.02. The number of aromatic amines is 1. The van der Waals surface area contributed by atoms with Crippen LogP contribution in [0.4, 0.5) is 4.39 Å². The number of carbonyl (C=O) groups is 1. The second-order valence-corrected chi connectivity index (χ2v) is 8.39. The Labute approximate surface area is 177 Å². The van der Waals surface area contributed by atoms with Gasteiger partial charge in [0.2, 0.25) is 0 Å². The number of thiazole rings is 1. The monoisotopic (exact) mass is 420 g/mol. The van der Waals surface area contributed by atoms with E-state index < -0.39 is 0 Å². The molecule has 7 heteroatoms. The zero-order valence-electron chi connectivity index (χ0n) is 16.3. The number of nitrogens with zero attached hydrogens (tertiary/aromatic N) is 3. The highest BCUT2D eigenvalue weighted by Crippen LogP contribution is 2.24. The second kappa shape index (κ2) is 8.01. The zero-order valence-corrected chi connectivity index (χ0v) is 17.2. The molecule has 1 saturated heterocycles. The Kier molecular flexibility index (Phi) is 5.06. The molecule has 5 nitrogen and oxygen atoms in total. The molecule has 1 fully saturated rings. The van der Waals surface area contributed by atoms with Crippen molar-refractivity contribution < 1.29 is 9.18 Å². The van der Waals surface area contributed by atoms with E-state index in [0.29, 0.717) is 13.1 Å². The third kappa shape index (κ3) is 3.74. The number of rotatable bonds is 4. The highest BCUT2D eigenvalue weighted by atomic mass is 32.1. The molecule has 0 unspecified atom stereocenters. The van der Waals surface area contributed by atoms with Crippen LogP contribution in [-0.4, -0.2) is 51.9 Å². The number of piperazine rings is 1. The molecule has 0 bridgehead atoms. The van der Waals surface area contributed by atoms with Crippen molar-refractivity contribution in [3.63, 3.8) is 0 Å². The molecule has 0 saturated carbocycles. The fourth-order valence-corrected chi connectivity index (χ4v) is 4.70. The first-order valence-corrected chi connectivity index (χ1v) is 10.8. The van der Waals surface area contributed by atoms with Gasteiger partial charge in [0.05, 0.1) is 17.8 Å². The van der Waals surface area contributed by atoms with Crippen molar-refractivity contribution in [1.82, 2.24) is 19.8 Å². The first-order chi connectivity index (χ1) is 14.7. The number of H-pyrrole nitrogens is 1. The van der Waals surface area contributed by atoms with E-state index in [1.807, 2.05) is 40.7 Å². The van der Waals surface area contributed by atoms with Gasteiger partial charge in [0.15, 0.2) is 0 Å². The summed E-state index contributed by atoms with van der Waals surface area (Å²) < 4.78 is 13.1. The van der Waals surface area contributed by atoms with Crippen LogP contribution in [0.2, 0.25) is 0 Å². The van der Waals surface area contributed by atoms with Crippen LogP contribution in [0.25, 0.3) is 22.2 Å². The van der Waals surface area contributed by atoms with Gasteiger partial charge in [-0.05, 0) is 30.3 Å². The number of amides is 1. The smallest absolute Gasteiger partial charge is 0.256 e. The minimum absolute atomic E-state index is 0.0833. The van der Waals surface area contributed by atoms with E-state index in [2.05, 4.69) is 9.88 Å². The fourth-order valence-electron chi connectivity index (χ4n) is 3.86. The summed E-state index contributed by atoms with van der Waals surface area (Å²) in [5.41, 5.74) is 3.53. The Hall–Kier alpha value is -3.03. The van der Waals surface area contributed by atoms with Gasteiger partial charge in [-0.1, -0.05) is 18.2 Å². The van der Waals surface area contributed by atoms with Crippen molar-refractivity contribution in [2.24, 2.45) is 0 Å². The highest BCUT2D eigenvalue weighted by molar-refractivity contribution is 7.09. The molecule has 152 valence electrons. The molecule has 2 aromatic carbocycles. The van der Waals surface area contributed by atoms with Crippen molar-refractivity contribution in [1.29, 1.82) is 0 Å². The first kappa shape index (κ1) is 19.0. The summed E-state index contributed by atoms with van der Waals surface area (Å²) in [7, 11) is 0. The van der Waals surface area contributed by atoms with Gasteiger partial charge in [-0.15, -0.1) is 11.3 Å². The molecule has 1 aliphatic rings. The Morgan fingerprint density at radius 2 is 1.83 bits per heavy atom. The number of fused-ring (bicyclic) bond motifs is 1. The van der Waals surface area contributed by atoms with Crippen LogP contribution < -0.4 is 0 Å². The van der Waals surface area contributed by atoms with Gasteiger partial charge in [-0.2, -0.15) is 0 Å². The lowest BCUT2D eigenvalue weighted by atomic mass is 10.1. The minimum atomic E-state index is -0.241. The molecule has 1 aliphatic heterocycles. The Morgan fingerprint density at radius 1 is 1.07 bits per heavy atom. The van der Waals surface area contributed by atoms with Crippen LogP contribution in [0.3, 0.4) is 0 Å². The molecule has 1 amide bonds. The summed E-state index contributed by atoms with van der Waals surface area (Å²) in [5.74, 6) is -0.158. The van der Waals surface area contributed by atoms with Crippen LogP contribution in [0, 0.1) is 5.82 Å². The number of nitrogens with one attached hydrogen (secondary N) is 1. The molecule has 5 rings (SSSR count). The number of hydrogen-bond acceptors (Lipinski definition) is 4. The molecule has 4 aromatic rings. The van der Waals surface area contributed by atoms with Gasteiger partial charge >= 0.3 is 0 Å². The number of benzene rings is 2. The topological polar surface area (TPSA) is 52.2 Å². The molecule has 0 spiro atoms. The quantitative estimate of drug-likeness (QED) is 0.533. The van der Waals surface area contributed by atoms with E-state index >= 15 is 0 Å². The lowest BCUT2D eigenvalue weighted by Gasteiger charge is -2.34. The van der Waals surface area contributed by atoms with Gasteiger partial charge in [-0.3, -0.25) is 9.69 Å². The second-order valence-electron chi connectivity index (χ2n) is 7.45. The maximum Gasteiger partial charge on any atom is 0.256 e. The Balaban J connectivity index is 1.20. The Bertz CT molecular complexity index is 1180. The van der Waals surface area contributed by atoms with E-state index in [-0.39, 0.29) is 11.7 Å². The van der Waals surface area contributed by atoms with Crippen molar-refractivity contribution in [3.05, 3.63) is 76.5 Å². The lowest BCUT2D eigenvalue weighted by Crippen LogP contribution is -2.48. The number of halogens is 1. The lowest BCUT2D eigenvalue weighted by molar-refractivity contribution is 0.0630. The number of aromatic nitrogens is 2. The van der Waals surface area contributed by atoms with Crippen molar-refractivity contribution >= 4 is 28.1 Å². The summed E-state index contributed by atoms with van der Waals surface area (Å²) in [6.45, 7) is 3.81. The van der Waals surface area contributed by atoms with Crippen LogP contribution >= 0.6 is 11.3 Å². The third-order valence-electron chi connectivity index (χ3n) is 5.53. The maximum absolute atomic E-state index is 13.1. The van der Waals surface area contributed by atoms with E-state index in [9.17, 15) is 9.18 Å². The van der Waals surface area contributed by atoms with Crippen molar-refractivity contribution in [3.8, 4) is 11.3 Å².